The van der Waals surface area contributed by atoms with E-state index in [0.717, 1.165) is 16.9 Å². The van der Waals surface area contributed by atoms with Gasteiger partial charge in [-0.25, -0.2) is 0 Å². The lowest BCUT2D eigenvalue weighted by Gasteiger charge is -2.09. The predicted octanol–water partition coefficient (Wildman–Crippen LogP) is 3.31. The summed E-state index contributed by atoms with van der Waals surface area (Å²) in [6.07, 6.45) is 1.53. The molecule has 0 atom stereocenters. The zero-order valence-electron chi connectivity index (χ0n) is 15.2. The van der Waals surface area contributed by atoms with Crippen LogP contribution >= 0.6 is 0 Å². The van der Waals surface area contributed by atoms with E-state index in [1.165, 1.54) is 6.21 Å². The molecule has 0 amide bonds. The minimum absolute atomic E-state index is 0.0476. The molecule has 0 bridgehead atoms. The molecule has 0 saturated heterocycles. The van der Waals surface area contributed by atoms with Crippen molar-refractivity contribution in [3.8, 4) is 28.6 Å². The fraction of sp³-hybridized carbons (Fsp3) is 0.211. The Morgan fingerprint density at radius 3 is 2.52 bits per heavy atom. The van der Waals surface area contributed by atoms with Crippen LogP contribution in [0.25, 0.3) is 11.4 Å². The number of para-hydroxylation sites is 1. The summed E-state index contributed by atoms with van der Waals surface area (Å²) in [6, 6.07) is 12.8. The zero-order valence-corrected chi connectivity index (χ0v) is 15.2. The van der Waals surface area contributed by atoms with Crippen LogP contribution in [0.4, 0.5) is 0 Å². The van der Waals surface area contributed by atoms with E-state index in [-0.39, 0.29) is 6.61 Å². The second kappa shape index (κ2) is 8.70. The van der Waals surface area contributed by atoms with E-state index >= 15 is 0 Å². The van der Waals surface area contributed by atoms with Crippen LogP contribution in [-0.2, 0) is 11.4 Å². The molecule has 0 spiro atoms. The Labute approximate surface area is 156 Å². The van der Waals surface area contributed by atoms with Crippen molar-refractivity contribution in [1.29, 1.82) is 0 Å². The highest BCUT2D eigenvalue weighted by atomic mass is 16.6. The van der Waals surface area contributed by atoms with Crippen LogP contribution in [0.1, 0.15) is 11.5 Å². The van der Waals surface area contributed by atoms with Gasteiger partial charge in [0.2, 0.25) is 5.82 Å². The maximum absolute atomic E-state index is 5.33. The average molecular weight is 369 g/mol. The van der Waals surface area contributed by atoms with Gasteiger partial charge in [-0.05, 0) is 36.4 Å². The molecule has 0 fully saturated rings. The highest BCUT2D eigenvalue weighted by molar-refractivity contribution is 5.84. The lowest BCUT2D eigenvalue weighted by atomic mass is 10.2. The number of methoxy groups -OCH3 is 3. The molecule has 1 aromatic heterocycles. The standard InChI is InChI=1S/C19H19N3O5/c1-23-15-9-7-13(8-10-15)19-21-17(27-22-19)12-26-20-11-14-5-4-6-16(24-2)18(14)25-3/h4-11H,12H2,1-3H3/b20-11-. The van der Waals surface area contributed by atoms with E-state index in [1.807, 2.05) is 36.4 Å². The summed E-state index contributed by atoms with van der Waals surface area (Å²) in [5.74, 6) is 2.73. The Hall–Kier alpha value is -3.55. The Bertz CT molecular complexity index is 906. The van der Waals surface area contributed by atoms with E-state index in [1.54, 1.807) is 27.4 Å². The summed E-state index contributed by atoms with van der Waals surface area (Å²) < 4.78 is 20.9. The first-order valence-electron chi connectivity index (χ1n) is 8.08. The molecule has 0 aliphatic carbocycles. The van der Waals surface area contributed by atoms with Gasteiger partial charge in [-0.2, -0.15) is 4.98 Å². The maximum Gasteiger partial charge on any atom is 0.267 e. The summed E-state index contributed by atoms with van der Waals surface area (Å²) in [5, 5.41) is 7.85. The second-order valence-corrected chi connectivity index (χ2v) is 5.33. The number of ether oxygens (including phenoxy) is 3. The molecule has 2 aromatic carbocycles. The largest absolute Gasteiger partial charge is 0.497 e. The van der Waals surface area contributed by atoms with Crippen molar-refractivity contribution in [1.82, 2.24) is 10.1 Å². The predicted molar refractivity (Wildman–Crippen MR) is 98.2 cm³/mol. The first-order chi connectivity index (χ1) is 13.2. The Morgan fingerprint density at radius 2 is 1.81 bits per heavy atom. The van der Waals surface area contributed by atoms with Crippen molar-refractivity contribution in [2.24, 2.45) is 5.16 Å². The molecule has 3 aromatic rings. The van der Waals surface area contributed by atoms with Gasteiger partial charge in [0.15, 0.2) is 18.1 Å². The molecule has 0 unspecified atom stereocenters. The van der Waals surface area contributed by atoms with Gasteiger partial charge in [0, 0.05) is 11.1 Å². The molecule has 3 rings (SSSR count). The molecule has 0 N–H and O–H groups in total. The van der Waals surface area contributed by atoms with Gasteiger partial charge in [-0.1, -0.05) is 16.4 Å². The van der Waals surface area contributed by atoms with Crippen molar-refractivity contribution < 1.29 is 23.6 Å². The number of oxime groups is 1. The summed E-state index contributed by atoms with van der Waals surface area (Å²) in [6.45, 7) is 0.0476. The molecule has 0 radical (unpaired) electrons. The van der Waals surface area contributed by atoms with Gasteiger partial charge in [-0.3, -0.25) is 0 Å². The minimum atomic E-state index is 0.0476. The second-order valence-electron chi connectivity index (χ2n) is 5.33. The Balaban J connectivity index is 1.61. The lowest BCUT2D eigenvalue weighted by Crippen LogP contribution is -1.95. The number of hydrogen-bond acceptors (Lipinski definition) is 8. The van der Waals surface area contributed by atoms with Crippen LogP contribution in [0.15, 0.2) is 52.1 Å². The molecular weight excluding hydrogens is 350 g/mol. The van der Waals surface area contributed by atoms with Gasteiger partial charge < -0.3 is 23.6 Å². The van der Waals surface area contributed by atoms with E-state index in [9.17, 15) is 0 Å². The normalized spacial score (nSPS) is 10.8. The van der Waals surface area contributed by atoms with E-state index in [2.05, 4.69) is 15.3 Å². The van der Waals surface area contributed by atoms with Gasteiger partial charge in [0.25, 0.3) is 5.89 Å². The molecule has 8 nitrogen and oxygen atoms in total. The summed E-state index contributed by atoms with van der Waals surface area (Å²) in [7, 11) is 4.75. The van der Waals surface area contributed by atoms with E-state index in [4.69, 9.17) is 23.6 Å². The van der Waals surface area contributed by atoms with E-state index < -0.39 is 0 Å². The number of aromatic nitrogens is 2. The monoisotopic (exact) mass is 369 g/mol. The zero-order chi connectivity index (χ0) is 19.1. The number of rotatable bonds is 8. The topological polar surface area (TPSA) is 88.2 Å². The highest BCUT2D eigenvalue weighted by Crippen LogP contribution is 2.29. The van der Waals surface area contributed by atoms with Crippen LogP contribution in [0.5, 0.6) is 17.2 Å². The molecule has 0 saturated carbocycles. The third kappa shape index (κ3) is 4.35. The van der Waals surface area contributed by atoms with Crippen LogP contribution in [0, 0.1) is 0 Å². The van der Waals surface area contributed by atoms with Crippen molar-refractivity contribution in [2.45, 2.75) is 6.61 Å². The first-order valence-corrected chi connectivity index (χ1v) is 8.08. The third-order valence-electron chi connectivity index (χ3n) is 3.70. The number of nitrogens with zero attached hydrogens (tertiary/aromatic N) is 3. The fourth-order valence-corrected chi connectivity index (χ4v) is 2.37. The number of benzene rings is 2. The van der Waals surface area contributed by atoms with Gasteiger partial charge >= 0.3 is 0 Å². The Morgan fingerprint density at radius 1 is 1.00 bits per heavy atom. The summed E-state index contributed by atoms with van der Waals surface area (Å²) in [4.78, 5) is 9.52. The molecular formula is C19H19N3O5. The SMILES string of the molecule is COc1ccc(-c2noc(CO/N=C\c3cccc(OC)c3OC)n2)cc1. The maximum atomic E-state index is 5.33. The van der Waals surface area contributed by atoms with Crippen molar-refractivity contribution >= 4 is 6.21 Å². The Kier molecular flexibility index (Phi) is 5.88. The lowest BCUT2D eigenvalue weighted by molar-refractivity contribution is 0.107. The smallest absolute Gasteiger partial charge is 0.267 e. The van der Waals surface area contributed by atoms with Crippen LogP contribution in [-0.4, -0.2) is 37.7 Å². The molecule has 0 aliphatic heterocycles. The van der Waals surface area contributed by atoms with Gasteiger partial charge in [0.1, 0.15) is 5.75 Å². The molecule has 1 heterocycles. The third-order valence-corrected chi connectivity index (χ3v) is 3.70. The van der Waals surface area contributed by atoms with Gasteiger partial charge in [-0.15, -0.1) is 0 Å². The molecule has 0 aliphatic rings. The minimum Gasteiger partial charge on any atom is -0.497 e. The van der Waals surface area contributed by atoms with Gasteiger partial charge in [0.05, 0.1) is 27.5 Å². The highest BCUT2D eigenvalue weighted by Gasteiger charge is 2.10. The number of hydrogen-bond donors (Lipinski definition) is 0. The first kappa shape index (κ1) is 18.2. The summed E-state index contributed by atoms with van der Waals surface area (Å²) >= 11 is 0. The molecule has 27 heavy (non-hydrogen) atoms. The van der Waals surface area contributed by atoms with Crippen LogP contribution in [0.2, 0.25) is 0 Å². The van der Waals surface area contributed by atoms with Crippen molar-refractivity contribution in [2.75, 3.05) is 21.3 Å². The summed E-state index contributed by atoms with van der Waals surface area (Å²) in [5.41, 5.74) is 1.54. The average Bonchev–Trinajstić information content (AvgIpc) is 3.19. The van der Waals surface area contributed by atoms with Crippen molar-refractivity contribution in [3.63, 3.8) is 0 Å². The molecule has 8 heteroatoms. The quantitative estimate of drug-likeness (QED) is 0.444. The fourth-order valence-electron chi connectivity index (χ4n) is 2.37. The molecule has 140 valence electrons. The van der Waals surface area contributed by atoms with E-state index in [0.29, 0.717) is 23.2 Å². The van der Waals surface area contributed by atoms with Crippen molar-refractivity contribution in [3.05, 3.63) is 53.9 Å². The van der Waals surface area contributed by atoms with Crippen LogP contribution in [0.3, 0.4) is 0 Å². The van der Waals surface area contributed by atoms with Crippen LogP contribution < -0.4 is 14.2 Å².